The Morgan fingerprint density at radius 2 is 1.40 bits per heavy atom. The molecule has 224 valence electrons. The van der Waals surface area contributed by atoms with Crippen LogP contribution in [-0.4, -0.2) is 67.8 Å². The molecule has 43 heavy (non-hydrogen) atoms. The summed E-state index contributed by atoms with van der Waals surface area (Å²) >= 11 is 0. The smallest absolute Gasteiger partial charge is 0.259 e. The number of nitrogens with zero attached hydrogens (tertiary/aromatic N) is 4. The van der Waals surface area contributed by atoms with Crippen LogP contribution in [0.1, 0.15) is 22.5 Å². The number of piperazine rings is 1. The van der Waals surface area contributed by atoms with Crippen LogP contribution in [0.5, 0.6) is 0 Å². The minimum atomic E-state index is -4.11. The Morgan fingerprint density at radius 1 is 0.814 bits per heavy atom. The van der Waals surface area contributed by atoms with Crippen LogP contribution >= 0.6 is 0 Å². The van der Waals surface area contributed by atoms with E-state index in [1.54, 1.807) is 36.4 Å². The summed E-state index contributed by atoms with van der Waals surface area (Å²) in [6, 6.07) is 24.2. The predicted molar refractivity (Wildman–Crippen MR) is 165 cm³/mol. The number of rotatable bonds is 8. The quantitative estimate of drug-likeness (QED) is 0.239. The van der Waals surface area contributed by atoms with E-state index >= 15 is 0 Å². The van der Waals surface area contributed by atoms with Gasteiger partial charge in [-0.1, -0.05) is 54.6 Å². The van der Waals surface area contributed by atoms with Crippen molar-refractivity contribution >= 4 is 32.2 Å². The molecule has 0 aliphatic carbocycles. The van der Waals surface area contributed by atoms with Gasteiger partial charge in [0.25, 0.3) is 5.91 Å². The maximum Gasteiger partial charge on any atom is 0.259 e. The molecule has 10 nitrogen and oxygen atoms in total. The van der Waals surface area contributed by atoms with Crippen molar-refractivity contribution in [2.45, 2.75) is 36.6 Å². The maximum atomic E-state index is 13.6. The molecule has 12 heteroatoms. The lowest BCUT2D eigenvalue weighted by Crippen LogP contribution is -2.60. The Bertz CT molecular complexity index is 1870. The van der Waals surface area contributed by atoms with Gasteiger partial charge in [-0.2, -0.15) is 13.7 Å². The molecule has 1 aliphatic heterocycles. The fraction of sp³-hybridized carbons (Fsp3) is 0.226. The largest absolute Gasteiger partial charge is 0.318 e. The number of carbonyl (C=O) groups is 1. The average Bonchev–Trinajstić information content (AvgIpc) is 3.29. The van der Waals surface area contributed by atoms with E-state index in [0.717, 1.165) is 36.8 Å². The SMILES string of the molecule is Cc1ccccc1-n1c(C)cc(/C=N/NC(=O)C2CN(S(=O)(=O)c3ccccc3)CCN2S(=O)(=O)c2ccccc2)c1C. The van der Waals surface area contributed by atoms with Crippen molar-refractivity contribution in [1.29, 1.82) is 0 Å². The van der Waals surface area contributed by atoms with Gasteiger partial charge in [-0.3, -0.25) is 4.79 Å². The summed E-state index contributed by atoms with van der Waals surface area (Å²) in [5, 5.41) is 4.16. The van der Waals surface area contributed by atoms with Gasteiger partial charge in [0.05, 0.1) is 16.0 Å². The van der Waals surface area contributed by atoms with Gasteiger partial charge in [-0.15, -0.1) is 0 Å². The summed E-state index contributed by atoms with van der Waals surface area (Å²) in [7, 11) is -8.09. The molecule has 3 aromatic carbocycles. The maximum absolute atomic E-state index is 13.6. The molecule has 1 saturated heterocycles. The summed E-state index contributed by atoms with van der Waals surface area (Å²) in [5.41, 5.74) is 7.27. The zero-order valence-corrected chi connectivity index (χ0v) is 25.7. The number of amides is 1. The number of hydrogen-bond acceptors (Lipinski definition) is 6. The van der Waals surface area contributed by atoms with Crippen LogP contribution < -0.4 is 5.43 Å². The summed E-state index contributed by atoms with van der Waals surface area (Å²) in [6.07, 6.45) is 1.51. The van der Waals surface area contributed by atoms with Crippen molar-refractivity contribution in [2.24, 2.45) is 5.10 Å². The minimum Gasteiger partial charge on any atom is -0.318 e. The van der Waals surface area contributed by atoms with E-state index in [4.69, 9.17) is 0 Å². The molecule has 0 saturated carbocycles. The molecule has 1 aliphatic rings. The summed E-state index contributed by atoms with van der Waals surface area (Å²) in [5.74, 6) is -0.739. The van der Waals surface area contributed by atoms with Crippen LogP contribution in [0.2, 0.25) is 0 Å². The molecule has 1 fully saturated rings. The number of hydrazone groups is 1. The highest BCUT2D eigenvalue weighted by Crippen LogP contribution is 2.26. The van der Waals surface area contributed by atoms with E-state index < -0.39 is 32.0 Å². The van der Waals surface area contributed by atoms with E-state index in [9.17, 15) is 21.6 Å². The van der Waals surface area contributed by atoms with Gasteiger partial charge >= 0.3 is 0 Å². The van der Waals surface area contributed by atoms with Crippen LogP contribution in [0.15, 0.2) is 106 Å². The number of aromatic nitrogens is 1. The molecule has 1 N–H and O–H groups in total. The molecule has 0 spiro atoms. The lowest BCUT2D eigenvalue weighted by Gasteiger charge is -2.38. The Labute approximate surface area is 252 Å². The Hall–Kier alpha value is -4.10. The van der Waals surface area contributed by atoms with E-state index in [-0.39, 0.29) is 29.4 Å². The third kappa shape index (κ3) is 6.04. The zero-order chi connectivity index (χ0) is 30.8. The summed E-state index contributed by atoms with van der Waals surface area (Å²) < 4.78 is 58.3. The molecule has 0 radical (unpaired) electrons. The average molecular weight is 620 g/mol. The van der Waals surface area contributed by atoms with Gasteiger partial charge in [0, 0.05) is 42.3 Å². The van der Waals surface area contributed by atoms with Crippen LogP contribution in [-0.2, 0) is 24.8 Å². The monoisotopic (exact) mass is 619 g/mol. The van der Waals surface area contributed by atoms with Crippen LogP contribution in [0.3, 0.4) is 0 Å². The first-order valence-corrected chi connectivity index (χ1v) is 16.6. The third-order valence-electron chi connectivity index (χ3n) is 7.53. The van der Waals surface area contributed by atoms with Gasteiger partial charge in [-0.25, -0.2) is 22.3 Å². The number of benzene rings is 3. The first kappa shape index (κ1) is 30.4. The fourth-order valence-electron chi connectivity index (χ4n) is 5.27. The lowest BCUT2D eigenvalue weighted by molar-refractivity contribution is -0.125. The van der Waals surface area contributed by atoms with Crippen molar-refractivity contribution < 1.29 is 21.6 Å². The summed E-state index contributed by atoms with van der Waals surface area (Å²) in [4.78, 5) is 13.6. The van der Waals surface area contributed by atoms with Crippen molar-refractivity contribution in [3.8, 4) is 5.69 Å². The number of carbonyl (C=O) groups excluding carboxylic acids is 1. The third-order valence-corrected chi connectivity index (χ3v) is 11.3. The van der Waals surface area contributed by atoms with E-state index in [1.165, 1.54) is 30.5 Å². The van der Waals surface area contributed by atoms with Gasteiger partial charge in [-0.05, 0) is 62.7 Å². The highest BCUT2D eigenvalue weighted by Gasteiger charge is 2.43. The topological polar surface area (TPSA) is 121 Å². The van der Waals surface area contributed by atoms with Crippen molar-refractivity contribution in [3.63, 3.8) is 0 Å². The number of sulfonamides is 2. The standard InChI is InChI=1S/C31H33N5O5S2/c1-23-12-10-11-17-29(23)36-24(2)20-26(25(36)3)21-32-33-31(37)30-22-34(42(38,39)27-13-6-4-7-14-27)18-19-35(30)43(40,41)28-15-8-5-9-16-28/h4-17,20-21,30H,18-19,22H2,1-3H3,(H,33,37)/b32-21+. The molecule has 1 aromatic heterocycles. The molecule has 5 rings (SSSR count). The highest BCUT2D eigenvalue weighted by molar-refractivity contribution is 7.89. The second kappa shape index (κ2) is 12.3. The molecule has 4 aromatic rings. The molecule has 1 unspecified atom stereocenters. The highest BCUT2D eigenvalue weighted by atomic mass is 32.2. The molecular weight excluding hydrogens is 587 g/mol. The predicted octanol–water partition coefficient (Wildman–Crippen LogP) is 3.62. The molecule has 1 amide bonds. The van der Waals surface area contributed by atoms with Crippen molar-refractivity contribution in [1.82, 2.24) is 18.6 Å². The Morgan fingerprint density at radius 3 is 2.02 bits per heavy atom. The van der Waals surface area contributed by atoms with Gasteiger partial charge < -0.3 is 4.57 Å². The van der Waals surface area contributed by atoms with Gasteiger partial charge in [0.15, 0.2) is 0 Å². The Balaban J connectivity index is 1.42. The van der Waals surface area contributed by atoms with Crippen molar-refractivity contribution in [3.05, 3.63) is 114 Å². The summed E-state index contributed by atoms with van der Waals surface area (Å²) in [6.45, 7) is 5.27. The molecule has 2 heterocycles. The first-order valence-electron chi connectivity index (χ1n) is 13.7. The van der Waals surface area contributed by atoms with Gasteiger partial charge in [0.1, 0.15) is 6.04 Å². The Kier molecular flexibility index (Phi) is 8.65. The van der Waals surface area contributed by atoms with E-state index in [0.29, 0.717) is 0 Å². The van der Waals surface area contributed by atoms with Crippen molar-refractivity contribution in [2.75, 3.05) is 19.6 Å². The number of para-hydroxylation sites is 1. The van der Waals surface area contributed by atoms with Crippen LogP contribution in [0.4, 0.5) is 0 Å². The molecule has 0 bridgehead atoms. The number of aryl methyl sites for hydroxylation is 2. The number of nitrogens with one attached hydrogen (secondary N) is 1. The van der Waals surface area contributed by atoms with Gasteiger partial charge in [0.2, 0.25) is 20.0 Å². The zero-order valence-electron chi connectivity index (χ0n) is 24.1. The fourth-order valence-corrected chi connectivity index (χ4v) is 8.32. The van der Waals surface area contributed by atoms with E-state index in [2.05, 4.69) is 15.1 Å². The first-order chi connectivity index (χ1) is 20.5. The molecule has 1 atom stereocenters. The number of hydrogen-bond donors (Lipinski definition) is 1. The second-order valence-corrected chi connectivity index (χ2v) is 14.1. The lowest BCUT2D eigenvalue weighted by atomic mass is 10.2. The van der Waals surface area contributed by atoms with E-state index in [1.807, 2.05) is 51.1 Å². The van der Waals surface area contributed by atoms with Crippen LogP contribution in [0, 0.1) is 20.8 Å². The normalized spacial score (nSPS) is 16.9. The second-order valence-electron chi connectivity index (χ2n) is 10.3. The minimum absolute atomic E-state index is 0.0133. The van der Waals surface area contributed by atoms with Crippen LogP contribution in [0.25, 0.3) is 5.69 Å². The molecular formula is C31H33N5O5S2.